The van der Waals surface area contributed by atoms with Crippen LogP contribution in [0.1, 0.15) is 32.9 Å². The lowest BCUT2D eigenvalue weighted by Crippen LogP contribution is -2.14. The van der Waals surface area contributed by atoms with Crippen LogP contribution in [0.2, 0.25) is 0 Å². The van der Waals surface area contributed by atoms with Crippen molar-refractivity contribution < 1.29 is 14.1 Å². The van der Waals surface area contributed by atoms with Crippen LogP contribution in [0.4, 0.5) is 15.9 Å². The summed E-state index contributed by atoms with van der Waals surface area (Å²) in [4.78, 5) is 23.7. The molecule has 0 bridgehead atoms. The summed E-state index contributed by atoms with van der Waals surface area (Å²) in [5.41, 5.74) is 2.41. The fourth-order valence-electron chi connectivity index (χ4n) is 3.63. The van der Waals surface area contributed by atoms with Crippen molar-refractivity contribution >= 4 is 33.3 Å². The first-order chi connectivity index (χ1) is 16.2. The van der Waals surface area contributed by atoms with Gasteiger partial charge in [-0.05, 0) is 53.5 Å². The van der Waals surface area contributed by atoms with Crippen LogP contribution in [0.3, 0.4) is 0 Å². The highest BCUT2D eigenvalue weighted by atomic mass is 79.9. The van der Waals surface area contributed by atoms with Gasteiger partial charge in [0, 0.05) is 17.3 Å². The largest absolute Gasteiger partial charge is 0.312 e. The number of aryl methyl sites for hydroxylation is 1. The number of nitrogens with one attached hydrogen (secondary N) is 1. The van der Waals surface area contributed by atoms with E-state index in [4.69, 9.17) is 0 Å². The zero-order chi connectivity index (χ0) is 24.4. The third kappa shape index (κ3) is 4.88. The molecule has 0 atom stereocenters. The number of rotatable bonds is 7. The maximum absolute atomic E-state index is 13.9. The first-order valence-electron chi connectivity index (χ1n) is 10.3. The van der Waals surface area contributed by atoms with Gasteiger partial charge in [-0.2, -0.15) is 10.2 Å². The topological polar surface area (TPSA) is 108 Å². The Kier molecular flexibility index (Phi) is 6.55. The number of carbonyl (C=O) groups is 1. The maximum Gasteiger partial charge on any atom is 0.312 e. The fraction of sp³-hybridized carbons (Fsp3) is 0.174. The highest BCUT2D eigenvalue weighted by Crippen LogP contribution is 2.24. The Morgan fingerprint density at radius 2 is 1.91 bits per heavy atom. The van der Waals surface area contributed by atoms with Gasteiger partial charge in [0.1, 0.15) is 17.2 Å². The highest BCUT2D eigenvalue weighted by Gasteiger charge is 2.22. The van der Waals surface area contributed by atoms with Crippen LogP contribution >= 0.6 is 15.9 Å². The molecule has 4 aromatic rings. The Hall–Kier alpha value is -3.86. The van der Waals surface area contributed by atoms with Crippen LogP contribution in [-0.4, -0.2) is 30.4 Å². The van der Waals surface area contributed by atoms with Crippen LogP contribution in [0, 0.1) is 29.8 Å². The van der Waals surface area contributed by atoms with E-state index in [1.165, 1.54) is 10.7 Å². The van der Waals surface area contributed by atoms with E-state index in [0.29, 0.717) is 32.8 Å². The van der Waals surface area contributed by atoms with E-state index in [9.17, 15) is 19.3 Å². The molecule has 174 valence electrons. The van der Waals surface area contributed by atoms with Gasteiger partial charge in [-0.3, -0.25) is 24.3 Å². The number of amides is 1. The van der Waals surface area contributed by atoms with Gasteiger partial charge in [0.05, 0.1) is 22.5 Å². The molecule has 2 aromatic heterocycles. The minimum Gasteiger partial charge on any atom is -0.304 e. The number of anilines is 1. The van der Waals surface area contributed by atoms with Crippen molar-refractivity contribution in [3.05, 3.63) is 103 Å². The predicted octanol–water partition coefficient (Wildman–Crippen LogP) is 4.86. The van der Waals surface area contributed by atoms with Gasteiger partial charge < -0.3 is 5.32 Å². The van der Waals surface area contributed by atoms with E-state index in [1.807, 2.05) is 6.07 Å². The Bertz CT molecular complexity index is 1400. The number of nitrogens with zero attached hydrogens (tertiary/aromatic N) is 5. The molecule has 9 nitrogen and oxygen atoms in total. The Balaban J connectivity index is 1.49. The second kappa shape index (κ2) is 9.56. The molecule has 0 saturated carbocycles. The normalized spacial score (nSPS) is 10.9. The van der Waals surface area contributed by atoms with Crippen molar-refractivity contribution in [3.8, 4) is 0 Å². The quantitative estimate of drug-likeness (QED) is 0.273. The molecular formula is C23H20BrFN6O3. The molecule has 0 spiro atoms. The predicted molar refractivity (Wildman–Crippen MR) is 127 cm³/mol. The third-order valence-corrected chi connectivity index (χ3v) is 5.87. The molecule has 0 aliphatic heterocycles. The Labute approximate surface area is 202 Å². The van der Waals surface area contributed by atoms with Crippen molar-refractivity contribution in [2.24, 2.45) is 0 Å². The fourth-order valence-corrected chi connectivity index (χ4v) is 4.05. The standard InChI is InChI=1S/C23H20BrFN6O3/c1-14-21(31(33)34)15(2)30(27-14)11-16-6-5-8-17(10-16)23(32)26-22-19(24)13-29(28-22)12-18-7-3-4-9-20(18)25/h3-10,13H,11-12H2,1-2H3,(H,26,28,32). The monoisotopic (exact) mass is 526 g/mol. The molecule has 0 saturated heterocycles. The average molecular weight is 527 g/mol. The van der Waals surface area contributed by atoms with Crippen molar-refractivity contribution in [1.82, 2.24) is 19.6 Å². The number of nitro groups is 1. The van der Waals surface area contributed by atoms with Gasteiger partial charge in [0.15, 0.2) is 5.82 Å². The number of carbonyl (C=O) groups excluding carboxylic acids is 1. The lowest BCUT2D eigenvalue weighted by Gasteiger charge is -2.07. The van der Waals surface area contributed by atoms with Crippen LogP contribution in [0.5, 0.6) is 0 Å². The second-order valence-corrected chi connectivity index (χ2v) is 8.56. The molecule has 0 fully saturated rings. The van der Waals surface area contributed by atoms with Gasteiger partial charge in [0.25, 0.3) is 5.91 Å². The zero-order valence-corrected chi connectivity index (χ0v) is 19.9. The molecule has 2 aromatic carbocycles. The second-order valence-electron chi connectivity index (χ2n) is 7.70. The highest BCUT2D eigenvalue weighted by molar-refractivity contribution is 9.10. The Morgan fingerprint density at radius 3 is 2.62 bits per heavy atom. The molecule has 1 amide bonds. The average Bonchev–Trinajstić information content (AvgIpc) is 3.27. The number of aromatic nitrogens is 4. The number of hydrogen-bond acceptors (Lipinski definition) is 5. The Morgan fingerprint density at radius 1 is 1.15 bits per heavy atom. The van der Waals surface area contributed by atoms with Gasteiger partial charge in [-0.15, -0.1) is 0 Å². The molecule has 0 aliphatic carbocycles. The maximum atomic E-state index is 13.9. The number of halogens is 2. The van der Waals surface area contributed by atoms with E-state index in [2.05, 4.69) is 31.4 Å². The zero-order valence-electron chi connectivity index (χ0n) is 18.3. The third-order valence-electron chi connectivity index (χ3n) is 5.29. The van der Waals surface area contributed by atoms with Crippen LogP contribution < -0.4 is 5.32 Å². The molecule has 0 unspecified atom stereocenters. The van der Waals surface area contributed by atoms with E-state index >= 15 is 0 Å². The van der Waals surface area contributed by atoms with E-state index < -0.39 is 4.92 Å². The number of benzene rings is 2. The summed E-state index contributed by atoms with van der Waals surface area (Å²) >= 11 is 3.38. The molecule has 1 N–H and O–H groups in total. The summed E-state index contributed by atoms with van der Waals surface area (Å²) in [6.07, 6.45) is 1.66. The minimum atomic E-state index is -0.443. The van der Waals surface area contributed by atoms with Crippen molar-refractivity contribution in [2.45, 2.75) is 26.9 Å². The summed E-state index contributed by atoms with van der Waals surface area (Å²) in [7, 11) is 0. The van der Waals surface area contributed by atoms with Gasteiger partial charge in [-0.25, -0.2) is 4.39 Å². The SMILES string of the molecule is Cc1nn(Cc2cccc(C(=O)Nc3nn(Cc4ccccc4F)cc3Br)c2)c(C)c1[N+](=O)[O-]. The molecule has 34 heavy (non-hydrogen) atoms. The van der Waals surface area contributed by atoms with E-state index in [0.717, 1.165) is 5.56 Å². The lowest BCUT2D eigenvalue weighted by atomic mass is 10.1. The van der Waals surface area contributed by atoms with E-state index in [1.54, 1.807) is 61.1 Å². The molecule has 4 rings (SSSR count). The van der Waals surface area contributed by atoms with Crippen LogP contribution in [0.15, 0.2) is 59.2 Å². The smallest absolute Gasteiger partial charge is 0.304 e. The molecular weight excluding hydrogens is 507 g/mol. The minimum absolute atomic E-state index is 0.00952. The molecule has 2 heterocycles. The van der Waals surface area contributed by atoms with E-state index in [-0.39, 0.29) is 30.5 Å². The van der Waals surface area contributed by atoms with Gasteiger partial charge >= 0.3 is 5.69 Å². The summed E-state index contributed by atoms with van der Waals surface area (Å²) in [6, 6.07) is 13.3. The van der Waals surface area contributed by atoms with Gasteiger partial charge in [0.2, 0.25) is 0 Å². The summed E-state index contributed by atoms with van der Waals surface area (Å²) < 4.78 is 17.6. The lowest BCUT2D eigenvalue weighted by molar-refractivity contribution is -0.386. The van der Waals surface area contributed by atoms with Crippen LogP contribution in [-0.2, 0) is 13.1 Å². The molecule has 0 radical (unpaired) electrons. The van der Waals surface area contributed by atoms with Crippen molar-refractivity contribution in [2.75, 3.05) is 5.32 Å². The summed E-state index contributed by atoms with van der Waals surface area (Å²) in [5, 5.41) is 22.6. The summed E-state index contributed by atoms with van der Waals surface area (Å²) in [6.45, 7) is 3.73. The first kappa shape index (κ1) is 23.3. The number of hydrogen-bond donors (Lipinski definition) is 1. The van der Waals surface area contributed by atoms with Gasteiger partial charge in [-0.1, -0.05) is 30.3 Å². The van der Waals surface area contributed by atoms with Crippen molar-refractivity contribution in [1.29, 1.82) is 0 Å². The molecule has 0 aliphatic rings. The van der Waals surface area contributed by atoms with Crippen molar-refractivity contribution in [3.63, 3.8) is 0 Å². The first-order valence-corrected chi connectivity index (χ1v) is 11.1. The summed E-state index contributed by atoms with van der Waals surface area (Å²) in [5.74, 6) is -0.400. The molecule has 11 heteroatoms. The van der Waals surface area contributed by atoms with Crippen LogP contribution in [0.25, 0.3) is 0 Å².